The van der Waals surface area contributed by atoms with E-state index in [2.05, 4.69) is 25.7 Å². The molecule has 0 unspecified atom stereocenters. The van der Waals surface area contributed by atoms with Crippen LogP contribution >= 0.6 is 0 Å². The molecular weight excluding hydrogens is 210 g/mol. The molecule has 0 spiro atoms. The first-order chi connectivity index (χ1) is 7.97. The summed E-state index contributed by atoms with van der Waals surface area (Å²) in [6.45, 7) is 8.88. The fourth-order valence-corrected chi connectivity index (χ4v) is 2.22. The van der Waals surface area contributed by atoms with Crippen LogP contribution in [-0.4, -0.2) is 29.9 Å². The van der Waals surface area contributed by atoms with E-state index in [1.54, 1.807) is 0 Å². The molecule has 100 valence electrons. The standard InChI is InChI=1S/C14H29N3/c1-4-10-17(12-7-8-12)11-6-5-9-14(2,3)13(15)16/h12H,4-11H2,1-3H3,(H3,15,16). The highest BCUT2D eigenvalue weighted by atomic mass is 15.2. The van der Waals surface area contributed by atoms with Crippen LogP contribution in [0.3, 0.4) is 0 Å². The molecule has 0 aromatic carbocycles. The number of nitrogens with one attached hydrogen (secondary N) is 1. The zero-order valence-electron chi connectivity index (χ0n) is 11.8. The summed E-state index contributed by atoms with van der Waals surface area (Å²) in [6.07, 6.45) is 7.52. The van der Waals surface area contributed by atoms with Gasteiger partial charge >= 0.3 is 0 Å². The van der Waals surface area contributed by atoms with Crippen LogP contribution in [0.25, 0.3) is 0 Å². The largest absolute Gasteiger partial charge is 0.387 e. The number of nitrogens with two attached hydrogens (primary N) is 1. The quantitative estimate of drug-likeness (QED) is 0.369. The number of hydrogen-bond donors (Lipinski definition) is 2. The number of hydrogen-bond acceptors (Lipinski definition) is 2. The molecule has 0 radical (unpaired) electrons. The molecule has 0 aromatic heterocycles. The monoisotopic (exact) mass is 239 g/mol. The van der Waals surface area contributed by atoms with Gasteiger partial charge in [-0.1, -0.05) is 27.2 Å². The SMILES string of the molecule is CCCN(CCCCC(C)(C)C(=N)N)C1CC1. The highest BCUT2D eigenvalue weighted by molar-refractivity contribution is 5.82. The third-order valence-electron chi connectivity index (χ3n) is 3.80. The summed E-state index contributed by atoms with van der Waals surface area (Å²) in [5.41, 5.74) is 5.48. The average molecular weight is 239 g/mol. The fourth-order valence-electron chi connectivity index (χ4n) is 2.22. The van der Waals surface area contributed by atoms with Gasteiger partial charge in [0.2, 0.25) is 0 Å². The van der Waals surface area contributed by atoms with Gasteiger partial charge in [0.1, 0.15) is 0 Å². The second kappa shape index (κ2) is 6.39. The Bertz CT molecular complexity index is 244. The smallest absolute Gasteiger partial charge is 0.0963 e. The molecule has 3 nitrogen and oxygen atoms in total. The van der Waals surface area contributed by atoms with Crippen molar-refractivity contribution in [3.8, 4) is 0 Å². The van der Waals surface area contributed by atoms with Crippen LogP contribution in [0, 0.1) is 10.8 Å². The Hall–Kier alpha value is -0.570. The Balaban J connectivity index is 2.16. The van der Waals surface area contributed by atoms with Crippen molar-refractivity contribution in [1.82, 2.24) is 4.90 Å². The summed E-state index contributed by atoms with van der Waals surface area (Å²) in [7, 11) is 0. The van der Waals surface area contributed by atoms with Gasteiger partial charge in [0.05, 0.1) is 5.84 Å². The summed E-state index contributed by atoms with van der Waals surface area (Å²) < 4.78 is 0. The van der Waals surface area contributed by atoms with Crippen LogP contribution in [0.15, 0.2) is 0 Å². The molecule has 0 amide bonds. The van der Waals surface area contributed by atoms with Gasteiger partial charge in [0.15, 0.2) is 0 Å². The van der Waals surface area contributed by atoms with Crippen molar-refractivity contribution in [1.29, 1.82) is 5.41 Å². The van der Waals surface area contributed by atoms with Gasteiger partial charge in [-0.25, -0.2) is 0 Å². The minimum absolute atomic E-state index is 0.116. The second-order valence-electron chi connectivity index (χ2n) is 6.02. The van der Waals surface area contributed by atoms with Crippen LogP contribution in [0.2, 0.25) is 0 Å². The van der Waals surface area contributed by atoms with E-state index in [1.807, 2.05) is 0 Å². The van der Waals surface area contributed by atoms with Crippen LogP contribution in [0.5, 0.6) is 0 Å². The molecule has 3 N–H and O–H groups in total. The lowest BCUT2D eigenvalue weighted by Gasteiger charge is -2.24. The van der Waals surface area contributed by atoms with Crippen LogP contribution in [0.1, 0.15) is 59.3 Å². The van der Waals surface area contributed by atoms with Crippen molar-refractivity contribution in [2.45, 2.75) is 65.3 Å². The van der Waals surface area contributed by atoms with Crippen molar-refractivity contribution in [2.24, 2.45) is 11.1 Å². The lowest BCUT2D eigenvalue weighted by molar-refractivity contribution is 0.253. The molecule has 1 fully saturated rings. The van der Waals surface area contributed by atoms with Gasteiger partial charge in [0, 0.05) is 11.5 Å². The predicted octanol–water partition coefficient (Wildman–Crippen LogP) is 2.99. The normalized spacial score (nSPS) is 16.5. The molecule has 0 aromatic rings. The summed E-state index contributed by atoms with van der Waals surface area (Å²) >= 11 is 0. The molecular formula is C14H29N3. The van der Waals surface area contributed by atoms with Gasteiger partial charge in [0.25, 0.3) is 0 Å². The Morgan fingerprint density at radius 3 is 2.41 bits per heavy atom. The van der Waals surface area contributed by atoms with E-state index < -0.39 is 0 Å². The van der Waals surface area contributed by atoms with Crippen LogP contribution in [0.4, 0.5) is 0 Å². The lowest BCUT2D eigenvalue weighted by Crippen LogP contribution is -2.31. The number of nitrogens with zero attached hydrogens (tertiary/aromatic N) is 1. The van der Waals surface area contributed by atoms with Gasteiger partial charge in [-0.3, -0.25) is 5.41 Å². The lowest BCUT2D eigenvalue weighted by atomic mass is 9.86. The highest BCUT2D eigenvalue weighted by Gasteiger charge is 2.28. The minimum atomic E-state index is -0.116. The molecule has 1 saturated carbocycles. The molecule has 0 saturated heterocycles. The molecule has 0 bridgehead atoms. The van der Waals surface area contributed by atoms with E-state index in [4.69, 9.17) is 11.1 Å². The summed E-state index contributed by atoms with van der Waals surface area (Å²) in [5, 5.41) is 7.53. The van der Waals surface area contributed by atoms with Gasteiger partial charge in [-0.2, -0.15) is 0 Å². The molecule has 0 aliphatic heterocycles. The maximum Gasteiger partial charge on any atom is 0.0963 e. The molecule has 1 aliphatic rings. The first kappa shape index (κ1) is 14.5. The number of unbranched alkanes of at least 4 members (excludes halogenated alkanes) is 1. The highest BCUT2D eigenvalue weighted by Crippen LogP contribution is 2.28. The van der Waals surface area contributed by atoms with Crippen molar-refractivity contribution >= 4 is 5.84 Å². The van der Waals surface area contributed by atoms with Crippen molar-refractivity contribution < 1.29 is 0 Å². The van der Waals surface area contributed by atoms with E-state index in [0.29, 0.717) is 5.84 Å². The zero-order chi connectivity index (χ0) is 12.9. The molecule has 0 atom stereocenters. The predicted molar refractivity (Wildman–Crippen MR) is 74.4 cm³/mol. The van der Waals surface area contributed by atoms with Gasteiger partial charge in [-0.15, -0.1) is 0 Å². The van der Waals surface area contributed by atoms with E-state index >= 15 is 0 Å². The first-order valence-electron chi connectivity index (χ1n) is 7.06. The topological polar surface area (TPSA) is 53.1 Å². The average Bonchev–Trinajstić information content (AvgIpc) is 3.06. The molecule has 1 aliphatic carbocycles. The number of amidine groups is 1. The molecule has 0 heterocycles. The molecule has 1 rings (SSSR count). The number of rotatable bonds is 9. The fraction of sp³-hybridized carbons (Fsp3) is 0.929. The Morgan fingerprint density at radius 2 is 1.94 bits per heavy atom. The second-order valence-corrected chi connectivity index (χ2v) is 6.02. The minimum Gasteiger partial charge on any atom is -0.387 e. The summed E-state index contributed by atoms with van der Waals surface area (Å²) in [4.78, 5) is 2.64. The first-order valence-corrected chi connectivity index (χ1v) is 7.06. The summed E-state index contributed by atoms with van der Waals surface area (Å²) in [6, 6.07) is 0.885. The van der Waals surface area contributed by atoms with Gasteiger partial charge < -0.3 is 10.6 Å². The Labute approximate surface area is 106 Å². The van der Waals surface area contributed by atoms with E-state index in [1.165, 1.54) is 45.2 Å². The maximum atomic E-state index is 7.53. The third-order valence-corrected chi connectivity index (χ3v) is 3.80. The Kier molecular flexibility index (Phi) is 5.44. The van der Waals surface area contributed by atoms with Crippen molar-refractivity contribution in [2.75, 3.05) is 13.1 Å². The Morgan fingerprint density at radius 1 is 1.29 bits per heavy atom. The maximum absolute atomic E-state index is 7.53. The van der Waals surface area contributed by atoms with E-state index in [-0.39, 0.29) is 5.41 Å². The van der Waals surface area contributed by atoms with Crippen molar-refractivity contribution in [3.63, 3.8) is 0 Å². The molecule has 17 heavy (non-hydrogen) atoms. The van der Waals surface area contributed by atoms with E-state index in [0.717, 1.165) is 12.5 Å². The van der Waals surface area contributed by atoms with Crippen LogP contribution in [-0.2, 0) is 0 Å². The van der Waals surface area contributed by atoms with Crippen molar-refractivity contribution in [3.05, 3.63) is 0 Å². The molecule has 3 heteroatoms. The van der Waals surface area contributed by atoms with E-state index in [9.17, 15) is 0 Å². The zero-order valence-corrected chi connectivity index (χ0v) is 11.8. The summed E-state index contributed by atoms with van der Waals surface area (Å²) in [5.74, 6) is 0.324. The van der Waals surface area contributed by atoms with Crippen LogP contribution < -0.4 is 5.73 Å². The van der Waals surface area contributed by atoms with Gasteiger partial charge in [-0.05, 0) is 45.2 Å². The third kappa shape index (κ3) is 5.07.